The fraction of sp³-hybridized carbons (Fsp3) is 0.294. The molecule has 0 atom stereocenters. The van der Waals surface area contributed by atoms with Gasteiger partial charge in [0.25, 0.3) is 0 Å². The van der Waals surface area contributed by atoms with Crippen LogP contribution in [0.2, 0.25) is 0 Å². The van der Waals surface area contributed by atoms with Crippen molar-refractivity contribution >= 4 is 39.9 Å². The minimum absolute atomic E-state index is 0.0828. The number of nitrogens with zero attached hydrogens (tertiary/aromatic N) is 1. The van der Waals surface area contributed by atoms with Gasteiger partial charge in [-0.15, -0.1) is 0 Å². The predicted octanol–water partition coefficient (Wildman–Crippen LogP) is 7.20. The topological polar surface area (TPSA) is 116 Å². The van der Waals surface area contributed by atoms with Gasteiger partial charge in [0.05, 0.1) is 19.2 Å². The smallest absolute Gasteiger partial charge is 0.240 e. The standard InChI is InChI=1S/C34H33F2N3O6/c1-21(40)6-4-3-5-17-44-31-20-27-25(19-30(31)43-2)28(13-16-37-27)45-29-12-11-24(18-26(29)36)39-33(42)34(14-15-34)32(41)38-23-9-7-22(35)8-10-23/h7-13,16,18-20H,3-6,14-15,17H2,1-2H3,(H,38,41)(H,39,42). The highest BCUT2D eigenvalue weighted by Gasteiger charge is 2.56. The van der Waals surface area contributed by atoms with E-state index in [1.54, 1.807) is 25.1 Å². The van der Waals surface area contributed by atoms with Crippen LogP contribution in [0.15, 0.2) is 66.9 Å². The number of ketones is 1. The van der Waals surface area contributed by atoms with Crippen molar-refractivity contribution in [3.05, 3.63) is 78.5 Å². The molecule has 11 heteroatoms. The van der Waals surface area contributed by atoms with Gasteiger partial charge in [-0.25, -0.2) is 8.78 Å². The molecule has 3 aromatic carbocycles. The Kier molecular flexibility index (Phi) is 9.56. The lowest BCUT2D eigenvalue weighted by atomic mass is 10.0. The molecule has 9 nitrogen and oxygen atoms in total. The van der Waals surface area contributed by atoms with Gasteiger partial charge in [-0.05, 0) is 87.6 Å². The number of methoxy groups -OCH3 is 1. The van der Waals surface area contributed by atoms with Crippen LogP contribution in [0.1, 0.15) is 45.4 Å². The molecule has 1 aromatic heterocycles. The lowest BCUT2D eigenvalue weighted by Gasteiger charge is -2.16. The second kappa shape index (κ2) is 13.7. The number of ether oxygens (including phenoxy) is 3. The number of carbonyl (C=O) groups is 3. The summed E-state index contributed by atoms with van der Waals surface area (Å²) >= 11 is 0. The van der Waals surface area contributed by atoms with E-state index in [0.717, 1.165) is 25.3 Å². The van der Waals surface area contributed by atoms with Crippen molar-refractivity contribution in [2.24, 2.45) is 5.41 Å². The van der Waals surface area contributed by atoms with Gasteiger partial charge in [-0.1, -0.05) is 0 Å². The largest absolute Gasteiger partial charge is 0.493 e. The molecule has 1 aliphatic rings. The first-order valence-corrected chi connectivity index (χ1v) is 14.6. The third kappa shape index (κ3) is 7.54. The number of Topliss-reactive ketones (excluding diaryl/α,β-unsaturated/α-hetero) is 1. The maximum Gasteiger partial charge on any atom is 0.240 e. The summed E-state index contributed by atoms with van der Waals surface area (Å²) in [5, 5.41) is 5.84. The molecule has 0 radical (unpaired) electrons. The molecule has 2 amide bonds. The van der Waals surface area contributed by atoms with Gasteiger partial charge in [0.2, 0.25) is 11.8 Å². The van der Waals surface area contributed by atoms with Crippen molar-refractivity contribution in [3.63, 3.8) is 0 Å². The van der Waals surface area contributed by atoms with Crippen molar-refractivity contribution in [1.82, 2.24) is 4.98 Å². The maximum absolute atomic E-state index is 15.2. The number of halogens is 2. The van der Waals surface area contributed by atoms with Crippen LogP contribution in [0.25, 0.3) is 10.9 Å². The van der Waals surface area contributed by atoms with Crippen molar-refractivity contribution in [2.45, 2.75) is 45.4 Å². The second-order valence-electron chi connectivity index (χ2n) is 10.9. The number of carbonyl (C=O) groups excluding carboxylic acids is 3. The van der Waals surface area contributed by atoms with Gasteiger partial charge in [0, 0.05) is 41.5 Å². The van der Waals surface area contributed by atoms with Gasteiger partial charge in [-0.2, -0.15) is 0 Å². The number of anilines is 2. The molecule has 1 saturated carbocycles. The first-order chi connectivity index (χ1) is 21.7. The zero-order valence-corrected chi connectivity index (χ0v) is 25.0. The van der Waals surface area contributed by atoms with Gasteiger partial charge < -0.3 is 29.6 Å². The summed E-state index contributed by atoms with van der Waals surface area (Å²) < 4.78 is 45.7. The van der Waals surface area contributed by atoms with Crippen LogP contribution in [0.5, 0.6) is 23.0 Å². The molecule has 0 spiro atoms. The van der Waals surface area contributed by atoms with E-state index in [0.29, 0.717) is 59.7 Å². The summed E-state index contributed by atoms with van der Waals surface area (Å²) in [4.78, 5) is 41.3. The molecule has 1 fully saturated rings. The predicted molar refractivity (Wildman–Crippen MR) is 165 cm³/mol. The van der Waals surface area contributed by atoms with E-state index in [4.69, 9.17) is 14.2 Å². The number of benzene rings is 3. The number of unbranched alkanes of at least 4 members (excludes halogenated alkanes) is 2. The molecule has 1 heterocycles. The van der Waals surface area contributed by atoms with E-state index in [2.05, 4.69) is 15.6 Å². The fourth-order valence-electron chi connectivity index (χ4n) is 4.82. The molecule has 0 bridgehead atoms. The van der Waals surface area contributed by atoms with Crippen LogP contribution in [0.4, 0.5) is 20.2 Å². The maximum atomic E-state index is 15.2. The van der Waals surface area contributed by atoms with E-state index in [1.165, 1.54) is 49.7 Å². The number of nitrogens with one attached hydrogen (secondary N) is 2. The van der Waals surface area contributed by atoms with Crippen LogP contribution in [0, 0.1) is 17.0 Å². The van der Waals surface area contributed by atoms with E-state index >= 15 is 4.39 Å². The van der Waals surface area contributed by atoms with Crippen LogP contribution in [-0.2, 0) is 14.4 Å². The summed E-state index contributed by atoms with van der Waals surface area (Å²) in [7, 11) is 1.52. The Bertz CT molecular complexity index is 1720. The Morgan fingerprint density at radius 3 is 2.20 bits per heavy atom. The molecule has 2 N–H and O–H groups in total. The molecular formula is C34H33F2N3O6. The normalized spacial score (nSPS) is 13.2. The minimum atomic E-state index is -1.28. The number of hydrogen-bond acceptors (Lipinski definition) is 7. The Morgan fingerprint density at radius 2 is 1.53 bits per heavy atom. The average Bonchev–Trinajstić information content (AvgIpc) is 3.83. The van der Waals surface area contributed by atoms with E-state index < -0.39 is 28.9 Å². The summed E-state index contributed by atoms with van der Waals surface area (Å²) in [6.07, 6.45) is 5.23. The number of rotatable bonds is 14. The highest BCUT2D eigenvalue weighted by molar-refractivity contribution is 6.16. The Labute approximate surface area is 258 Å². The third-order valence-electron chi connectivity index (χ3n) is 7.55. The van der Waals surface area contributed by atoms with Crippen LogP contribution in [0.3, 0.4) is 0 Å². The molecule has 45 heavy (non-hydrogen) atoms. The molecular weight excluding hydrogens is 584 g/mol. The minimum Gasteiger partial charge on any atom is -0.493 e. The quantitative estimate of drug-likeness (QED) is 0.114. The lowest BCUT2D eigenvalue weighted by molar-refractivity contribution is -0.131. The lowest BCUT2D eigenvalue weighted by Crippen LogP contribution is -2.35. The Hall–Kier alpha value is -5.06. The number of aromatic nitrogens is 1. The first-order valence-electron chi connectivity index (χ1n) is 14.6. The van der Waals surface area contributed by atoms with Crippen molar-refractivity contribution in [2.75, 3.05) is 24.4 Å². The SMILES string of the molecule is COc1cc2c(Oc3ccc(NC(=O)C4(C(=O)Nc5ccc(F)cc5)CC4)cc3F)ccnc2cc1OCCCCCC(C)=O. The molecule has 5 rings (SSSR count). The van der Waals surface area contributed by atoms with Crippen molar-refractivity contribution < 1.29 is 37.4 Å². The van der Waals surface area contributed by atoms with Crippen LogP contribution < -0.4 is 24.8 Å². The van der Waals surface area contributed by atoms with Gasteiger partial charge in [0.15, 0.2) is 23.1 Å². The van der Waals surface area contributed by atoms with Gasteiger partial charge in [0.1, 0.15) is 22.8 Å². The zero-order chi connectivity index (χ0) is 32.0. The summed E-state index contributed by atoms with van der Waals surface area (Å²) in [6, 6.07) is 14.3. The second-order valence-corrected chi connectivity index (χ2v) is 10.9. The van der Waals surface area contributed by atoms with Gasteiger partial charge >= 0.3 is 0 Å². The molecule has 234 valence electrons. The Morgan fingerprint density at radius 1 is 0.822 bits per heavy atom. The van der Waals surface area contributed by atoms with Crippen LogP contribution >= 0.6 is 0 Å². The van der Waals surface area contributed by atoms with Crippen molar-refractivity contribution in [3.8, 4) is 23.0 Å². The summed E-state index contributed by atoms with van der Waals surface area (Å²) in [6.45, 7) is 2.03. The van der Waals surface area contributed by atoms with E-state index in [-0.39, 0.29) is 17.2 Å². The number of fused-ring (bicyclic) bond motifs is 1. The number of amides is 2. The monoisotopic (exact) mass is 617 g/mol. The molecule has 4 aromatic rings. The average molecular weight is 618 g/mol. The molecule has 1 aliphatic carbocycles. The zero-order valence-electron chi connectivity index (χ0n) is 25.0. The van der Waals surface area contributed by atoms with E-state index in [9.17, 15) is 18.8 Å². The molecule has 0 unspecified atom stereocenters. The highest BCUT2D eigenvalue weighted by atomic mass is 19.1. The fourth-order valence-corrected chi connectivity index (χ4v) is 4.82. The number of hydrogen-bond donors (Lipinski definition) is 2. The third-order valence-corrected chi connectivity index (χ3v) is 7.55. The summed E-state index contributed by atoms with van der Waals surface area (Å²) in [5.41, 5.74) is -0.198. The van der Waals surface area contributed by atoms with Crippen molar-refractivity contribution in [1.29, 1.82) is 0 Å². The Balaban J connectivity index is 1.24. The van der Waals surface area contributed by atoms with E-state index in [1.807, 2.05) is 0 Å². The van der Waals surface area contributed by atoms with Crippen LogP contribution in [-0.4, -0.2) is 36.3 Å². The first kappa shape index (κ1) is 31.4. The number of pyridine rings is 1. The molecule has 0 aliphatic heterocycles. The van der Waals surface area contributed by atoms with Gasteiger partial charge in [-0.3, -0.25) is 14.6 Å². The highest BCUT2D eigenvalue weighted by Crippen LogP contribution is 2.47. The summed E-state index contributed by atoms with van der Waals surface area (Å²) in [5.74, 6) is -0.849. The molecule has 0 saturated heterocycles.